The minimum atomic E-state index is 0.512. The Morgan fingerprint density at radius 3 is 2.53 bits per heavy atom. The zero-order valence-electron chi connectivity index (χ0n) is 10.6. The van der Waals surface area contributed by atoms with E-state index in [1.807, 2.05) is 31.2 Å². The number of nitrogens with one attached hydrogen (secondary N) is 1. The summed E-state index contributed by atoms with van der Waals surface area (Å²) >= 11 is 0. The van der Waals surface area contributed by atoms with Gasteiger partial charge in [0.1, 0.15) is 0 Å². The molecule has 1 N–H and O–H groups in total. The maximum atomic E-state index is 4.14. The van der Waals surface area contributed by atoms with Crippen LogP contribution >= 0.6 is 0 Å². The van der Waals surface area contributed by atoms with Crippen LogP contribution in [0.5, 0.6) is 0 Å². The van der Waals surface area contributed by atoms with Gasteiger partial charge in [-0.15, -0.1) is 0 Å². The molecular weight excluding hydrogens is 210 g/mol. The molecule has 90 valence electrons. The molecule has 1 heterocycles. The third-order valence-corrected chi connectivity index (χ3v) is 3.10. The molecule has 0 aliphatic rings. The number of benzene rings is 1. The van der Waals surface area contributed by atoms with Gasteiger partial charge in [-0.25, -0.2) is 4.98 Å². The highest BCUT2D eigenvalue weighted by Gasteiger charge is 2.04. The zero-order valence-corrected chi connectivity index (χ0v) is 10.6. The van der Waals surface area contributed by atoms with E-state index >= 15 is 0 Å². The molecule has 1 unspecified atom stereocenters. The van der Waals surface area contributed by atoms with Crippen molar-refractivity contribution in [3.8, 4) is 11.3 Å². The van der Waals surface area contributed by atoms with Crippen LogP contribution in [0, 0.1) is 0 Å². The molecule has 1 atom stereocenters. The zero-order chi connectivity index (χ0) is 12.3. The predicted molar refractivity (Wildman–Crippen MR) is 70.9 cm³/mol. The normalized spacial score (nSPS) is 12.6. The summed E-state index contributed by atoms with van der Waals surface area (Å²) < 4.78 is 2.03. The lowest BCUT2D eigenvalue weighted by atomic mass is 10.0. The van der Waals surface area contributed by atoms with E-state index in [1.54, 1.807) is 0 Å². The van der Waals surface area contributed by atoms with Crippen LogP contribution in [0.4, 0.5) is 0 Å². The smallest absolute Gasteiger partial charge is 0.0948 e. The predicted octanol–water partition coefficient (Wildman–Crippen LogP) is 2.24. The van der Waals surface area contributed by atoms with Crippen LogP contribution in [0.3, 0.4) is 0 Å². The van der Waals surface area contributed by atoms with Crippen molar-refractivity contribution in [3.05, 3.63) is 42.4 Å². The van der Waals surface area contributed by atoms with Gasteiger partial charge in [0.05, 0.1) is 18.2 Å². The Labute approximate surface area is 103 Å². The Morgan fingerprint density at radius 2 is 2.00 bits per heavy atom. The second-order valence-corrected chi connectivity index (χ2v) is 4.48. The minimum absolute atomic E-state index is 0.512. The van der Waals surface area contributed by atoms with Gasteiger partial charge in [0, 0.05) is 13.1 Å². The number of nitrogens with zero attached hydrogens (tertiary/aromatic N) is 2. The van der Waals surface area contributed by atoms with Crippen LogP contribution in [0.1, 0.15) is 12.5 Å². The van der Waals surface area contributed by atoms with Crippen molar-refractivity contribution in [1.82, 2.24) is 14.9 Å². The van der Waals surface area contributed by atoms with Gasteiger partial charge in [-0.3, -0.25) is 0 Å². The highest BCUT2D eigenvalue weighted by Crippen LogP contribution is 2.18. The molecule has 2 rings (SSSR count). The largest absolute Gasteiger partial charge is 0.334 e. The molecule has 0 spiro atoms. The third-order valence-electron chi connectivity index (χ3n) is 3.10. The average Bonchev–Trinajstić information content (AvgIpc) is 2.76. The SMILES string of the molecule is CNC(C)Cc1ccc(-c2cncn2C)cc1. The van der Waals surface area contributed by atoms with Crippen LogP contribution in [0.15, 0.2) is 36.8 Å². The van der Waals surface area contributed by atoms with E-state index in [2.05, 4.69) is 41.5 Å². The molecule has 1 aromatic heterocycles. The summed E-state index contributed by atoms with van der Waals surface area (Å²) in [5, 5.41) is 3.25. The molecular formula is C14H19N3. The fourth-order valence-electron chi connectivity index (χ4n) is 1.90. The van der Waals surface area contributed by atoms with Crippen LogP contribution < -0.4 is 5.32 Å². The Balaban J connectivity index is 2.16. The van der Waals surface area contributed by atoms with Crippen molar-refractivity contribution >= 4 is 0 Å². The number of likely N-dealkylation sites (N-methyl/N-ethyl adjacent to an activating group) is 1. The molecule has 0 fully saturated rings. The molecule has 0 aliphatic heterocycles. The molecule has 0 bridgehead atoms. The number of imidazole rings is 1. The first-order valence-electron chi connectivity index (χ1n) is 5.93. The highest BCUT2D eigenvalue weighted by atomic mass is 15.0. The maximum Gasteiger partial charge on any atom is 0.0948 e. The summed E-state index contributed by atoms with van der Waals surface area (Å²) in [5.41, 5.74) is 3.72. The maximum absolute atomic E-state index is 4.14. The summed E-state index contributed by atoms with van der Waals surface area (Å²) in [5.74, 6) is 0. The molecule has 3 nitrogen and oxygen atoms in total. The van der Waals surface area contributed by atoms with Gasteiger partial charge in [0.25, 0.3) is 0 Å². The fraction of sp³-hybridized carbons (Fsp3) is 0.357. The number of rotatable bonds is 4. The van der Waals surface area contributed by atoms with Crippen molar-refractivity contribution in [2.24, 2.45) is 7.05 Å². The monoisotopic (exact) mass is 229 g/mol. The van der Waals surface area contributed by atoms with Gasteiger partial charge in [0.2, 0.25) is 0 Å². The van der Waals surface area contributed by atoms with Crippen LogP contribution in [-0.4, -0.2) is 22.6 Å². The lowest BCUT2D eigenvalue weighted by Gasteiger charge is -2.10. The van der Waals surface area contributed by atoms with Gasteiger partial charge in [-0.05, 0) is 31.5 Å². The lowest BCUT2D eigenvalue weighted by Crippen LogP contribution is -2.23. The summed E-state index contributed by atoms with van der Waals surface area (Å²) in [6.45, 7) is 2.19. The Morgan fingerprint density at radius 1 is 1.29 bits per heavy atom. The van der Waals surface area contributed by atoms with Crippen LogP contribution in [0.25, 0.3) is 11.3 Å². The Hall–Kier alpha value is -1.61. The average molecular weight is 229 g/mol. The van der Waals surface area contributed by atoms with E-state index in [1.165, 1.54) is 11.1 Å². The van der Waals surface area contributed by atoms with E-state index in [-0.39, 0.29) is 0 Å². The first kappa shape index (κ1) is 11.9. The Kier molecular flexibility index (Phi) is 3.59. The van der Waals surface area contributed by atoms with Gasteiger partial charge in [-0.1, -0.05) is 24.3 Å². The van der Waals surface area contributed by atoms with E-state index in [0.29, 0.717) is 6.04 Å². The van der Waals surface area contributed by atoms with Gasteiger partial charge in [0.15, 0.2) is 0 Å². The van der Waals surface area contributed by atoms with E-state index < -0.39 is 0 Å². The quantitative estimate of drug-likeness (QED) is 0.871. The minimum Gasteiger partial charge on any atom is -0.334 e. The summed E-state index contributed by atoms with van der Waals surface area (Å²) in [6, 6.07) is 9.22. The third kappa shape index (κ3) is 2.74. The summed E-state index contributed by atoms with van der Waals surface area (Å²) in [4.78, 5) is 4.14. The summed E-state index contributed by atoms with van der Waals surface area (Å²) in [6.07, 6.45) is 4.78. The fourth-order valence-corrected chi connectivity index (χ4v) is 1.90. The lowest BCUT2D eigenvalue weighted by molar-refractivity contribution is 0.608. The van der Waals surface area contributed by atoms with Gasteiger partial charge in [-0.2, -0.15) is 0 Å². The topological polar surface area (TPSA) is 29.9 Å². The molecule has 2 aromatic rings. The molecule has 17 heavy (non-hydrogen) atoms. The first-order chi connectivity index (χ1) is 8.20. The van der Waals surface area contributed by atoms with Crippen LogP contribution in [0.2, 0.25) is 0 Å². The van der Waals surface area contributed by atoms with Crippen molar-refractivity contribution in [3.63, 3.8) is 0 Å². The molecule has 0 aliphatic carbocycles. The van der Waals surface area contributed by atoms with Crippen molar-refractivity contribution in [2.45, 2.75) is 19.4 Å². The standard InChI is InChI=1S/C14H19N3/c1-11(15-2)8-12-4-6-13(7-5-12)14-9-16-10-17(14)3/h4-7,9-11,15H,8H2,1-3H3. The molecule has 0 amide bonds. The number of aromatic nitrogens is 2. The number of aryl methyl sites for hydroxylation is 1. The molecule has 3 heteroatoms. The molecule has 0 saturated heterocycles. The Bertz CT molecular complexity index is 470. The number of hydrogen-bond acceptors (Lipinski definition) is 2. The van der Waals surface area contributed by atoms with E-state index in [4.69, 9.17) is 0 Å². The van der Waals surface area contributed by atoms with E-state index in [0.717, 1.165) is 12.1 Å². The van der Waals surface area contributed by atoms with E-state index in [9.17, 15) is 0 Å². The van der Waals surface area contributed by atoms with Crippen molar-refractivity contribution in [1.29, 1.82) is 0 Å². The first-order valence-corrected chi connectivity index (χ1v) is 5.93. The van der Waals surface area contributed by atoms with Gasteiger partial charge < -0.3 is 9.88 Å². The highest BCUT2D eigenvalue weighted by molar-refractivity contribution is 5.59. The molecule has 0 radical (unpaired) electrons. The second-order valence-electron chi connectivity index (χ2n) is 4.48. The van der Waals surface area contributed by atoms with Gasteiger partial charge >= 0.3 is 0 Å². The van der Waals surface area contributed by atoms with Crippen molar-refractivity contribution < 1.29 is 0 Å². The summed E-state index contributed by atoms with van der Waals surface area (Å²) in [7, 11) is 4.01. The van der Waals surface area contributed by atoms with Crippen LogP contribution in [-0.2, 0) is 13.5 Å². The number of hydrogen-bond donors (Lipinski definition) is 1. The second kappa shape index (κ2) is 5.15. The molecule has 1 aromatic carbocycles. The van der Waals surface area contributed by atoms with Crippen molar-refractivity contribution in [2.75, 3.05) is 7.05 Å². The molecule has 0 saturated carbocycles.